The van der Waals surface area contributed by atoms with E-state index in [0.717, 1.165) is 25.7 Å². The molecule has 1 unspecified atom stereocenters. The van der Waals surface area contributed by atoms with Gasteiger partial charge in [-0.3, -0.25) is 10.1 Å². The van der Waals surface area contributed by atoms with Gasteiger partial charge in [-0.25, -0.2) is 0 Å². The zero-order chi connectivity index (χ0) is 14.9. The number of hydrogen-bond acceptors (Lipinski definition) is 4. The topological polar surface area (TPSA) is 61.6 Å². The maximum Gasteiger partial charge on any atom is 0.270 e. The van der Waals surface area contributed by atoms with E-state index in [1.54, 1.807) is 6.07 Å². The van der Waals surface area contributed by atoms with E-state index in [9.17, 15) is 10.1 Å². The zero-order valence-corrected chi connectivity index (χ0v) is 12.5. The maximum atomic E-state index is 10.8. The van der Waals surface area contributed by atoms with Gasteiger partial charge >= 0.3 is 0 Å². The van der Waals surface area contributed by atoms with Crippen LogP contribution in [0.1, 0.15) is 37.7 Å². The van der Waals surface area contributed by atoms with Crippen LogP contribution in [0.3, 0.4) is 0 Å². The summed E-state index contributed by atoms with van der Waals surface area (Å²) in [5, 5.41) is 10.8. The van der Waals surface area contributed by atoms with E-state index in [4.69, 9.17) is 21.1 Å². The quantitative estimate of drug-likeness (QED) is 0.482. The van der Waals surface area contributed by atoms with Gasteiger partial charge in [-0.2, -0.15) is 0 Å². The number of halogens is 1. The predicted octanol–water partition coefficient (Wildman–Crippen LogP) is 3.81. The fraction of sp³-hybridized carbons (Fsp3) is 0.600. The lowest BCUT2D eigenvalue weighted by Crippen LogP contribution is -2.48. The summed E-state index contributed by atoms with van der Waals surface area (Å²) in [6.45, 7) is 0.716. The van der Waals surface area contributed by atoms with E-state index in [1.807, 2.05) is 0 Å². The maximum absolute atomic E-state index is 10.8. The lowest BCUT2D eigenvalue weighted by molar-refractivity contribution is -0.384. The molecule has 1 heterocycles. The van der Waals surface area contributed by atoms with Crippen molar-refractivity contribution in [2.24, 2.45) is 0 Å². The van der Waals surface area contributed by atoms with Gasteiger partial charge in [0.15, 0.2) is 0 Å². The highest BCUT2D eigenvalue weighted by Crippen LogP contribution is 2.43. The largest absolute Gasteiger partial charge is 0.490 e. The monoisotopic (exact) mass is 311 g/mol. The smallest absolute Gasteiger partial charge is 0.270 e. The van der Waals surface area contributed by atoms with Crippen molar-refractivity contribution in [2.45, 2.75) is 49.7 Å². The molecule has 2 fully saturated rings. The first-order chi connectivity index (χ1) is 10.1. The van der Waals surface area contributed by atoms with Crippen molar-refractivity contribution < 1.29 is 14.4 Å². The molecule has 5 nitrogen and oxygen atoms in total. The Hall–Kier alpha value is -1.33. The van der Waals surface area contributed by atoms with Crippen LogP contribution < -0.4 is 4.74 Å². The van der Waals surface area contributed by atoms with Crippen LogP contribution in [0.15, 0.2) is 18.2 Å². The number of non-ortho nitro benzene ring substituents is 1. The molecule has 1 atom stereocenters. The van der Waals surface area contributed by atoms with E-state index in [0.29, 0.717) is 17.9 Å². The van der Waals surface area contributed by atoms with Gasteiger partial charge in [-0.05, 0) is 25.3 Å². The SMILES string of the molecule is O=[N+]([O-])c1ccc(OC2CCOC3(CCC3)C2)c(CCl)c1. The summed E-state index contributed by atoms with van der Waals surface area (Å²) >= 11 is 5.89. The highest BCUT2D eigenvalue weighted by atomic mass is 35.5. The molecular weight excluding hydrogens is 294 g/mol. The van der Waals surface area contributed by atoms with Crippen LogP contribution in [0.4, 0.5) is 5.69 Å². The molecule has 0 bridgehead atoms. The van der Waals surface area contributed by atoms with Crippen LogP contribution in [-0.2, 0) is 10.6 Å². The number of nitro groups is 1. The van der Waals surface area contributed by atoms with Crippen molar-refractivity contribution >= 4 is 17.3 Å². The van der Waals surface area contributed by atoms with E-state index in [1.165, 1.54) is 18.6 Å². The molecule has 0 aromatic heterocycles. The lowest BCUT2D eigenvalue weighted by atomic mass is 9.74. The standard InChI is InChI=1S/C15H18ClNO4/c16-10-11-8-12(17(18)19)2-3-14(11)21-13-4-7-20-15(9-13)5-1-6-15/h2-3,8,13H,1,4-7,9-10H2. The molecule has 1 saturated heterocycles. The highest BCUT2D eigenvalue weighted by molar-refractivity contribution is 6.17. The van der Waals surface area contributed by atoms with Crippen LogP contribution >= 0.6 is 11.6 Å². The van der Waals surface area contributed by atoms with Crippen molar-refractivity contribution in [3.05, 3.63) is 33.9 Å². The number of nitrogens with zero attached hydrogens (tertiary/aromatic N) is 1. The third-order valence-electron chi connectivity index (χ3n) is 4.41. The first kappa shape index (κ1) is 14.6. The molecule has 21 heavy (non-hydrogen) atoms. The van der Waals surface area contributed by atoms with E-state index in [2.05, 4.69) is 0 Å². The van der Waals surface area contributed by atoms with Gasteiger partial charge in [-0.15, -0.1) is 11.6 Å². The Morgan fingerprint density at radius 2 is 2.29 bits per heavy atom. The lowest BCUT2D eigenvalue weighted by Gasteiger charge is -2.47. The summed E-state index contributed by atoms with van der Waals surface area (Å²) in [5.74, 6) is 0.850. The van der Waals surface area contributed by atoms with Crippen LogP contribution in [-0.4, -0.2) is 23.2 Å². The van der Waals surface area contributed by atoms with Gasteiger partial charge in [-0.1, -0.05) is 0 Å². The summed E-state index contributed by atoms with van der Waals surface area (Å²) in [5.41, 5.74) is 0.727. The van der Waals surface area contributed by atoms with Gasteiger partial charge in [0.25, 0.3) is 5.69 Å². The first-order valence-electron chi connectivity index (χ1n) is 7.26. The Kier molecular flexibility index (Phi) is 4.04. The Morgan fingerprint density at radius 1 is 1.48 bits per heavy atom. The third kappa shape index (κ3) is 2.99. The van der Waals surface area contributed by atoms with Crippen molar-refractivity contribution in [1.29, 1.82) is 0 Å². The summed E-state index contributed by atoms with van der Waals surface area (Å²) in [4.78, 5) is 10.4. The number of ether oxygens (including phenoxy) is 2. The predicted molar refractivity (Wildman–Crippen MR) is 78.8 cm³/mol. The Balaban J connectivity index is 1.73. The molecule has 1 aromatic carbocycles. The second-order valence-electron chi connectivity index (χ2n) is 5.80. The molecular formula is C15H18ClNO4. The molecule has 114 valence electrons. The van der Waals surface area contributed by atoms with Gasteiger partial charge < -0.3 is 9.47 Å². The van der Waals surface area contributed by atoms with E-state index < -0.39 is 4.92 Å². The van der Waals surface area contributed by atoms with Crippen molar-refractivity contribution in [1.82, 2.24) is 0 Å². The highest BCUT2D eigenvalue weighted by Gasteiger charge is 2.43. The second kappa shape index (κ2) is 5.81. The van der Waals surface area contributed by atoms with Crippen LogP contribution in [0.25, 0.3) is 0 Å². The molecule has 1 aliphatic carbocycles. The Bertz CT molecular complexity index is 544. The number of hydrogen-bond donors (Lipinski definition) is 0. The average molecular weight is 312 g/mol. The van der Waals surface area contributed by atoms with Crippen molar-refractivity contribution in [2.75, 3.05) is 6.61 Å². The molecule has 0 amide bonds. The Morgan fingerprint density at radius 3 is 2.90 bits per heavy atom. The van der Waals surface area contributed by atoms with Gasteiger partial charge in [0.1, 0.15) is 11.9 Å². The first-order valence-corrected chi connectivity index (χ1v) is 7.79. The number of rotatable bonds is 4. The minimum absolute atomic E-state index is 0.0187. The van der Waals surface area contributed by atoms with Crippen LogP contribution in [0.2, 0.25) is 0 Å². The second-order valence-corrected chi connectivity index (χ2v) is 6.07. The molecule has 1 aromatic rings. The summed E-state index contributed by atoms with van der Waals surface area (Å²) in [6.07, 6.45) is 5.27. The molecule has 6 heteroatoms. The van der Waals surface area contributed by atoms with Crippen molar-refractivity contribution in [3.63, 3.8) is 0 Å². The summed E-state index contributed by atoms with van der Waals surface area (Å²) < 4.78 is 11.9. The minimum Gasteiger partial charge on any atom is -0.490 e. The third-order valence-corrected chi connectivity index (χ3v) is 4.69. The fourth-order valence-electron chi connectivity index (χ4n) is 3.08. The summed E-state index contributed by atoms with van der Waals surface area (Å²) in [7, 11) is 0. The minimum atomic E-state index is -0.419. The van der Waals surface area contributed by atoms with E-state index in [-0.39, 0.29) is 23.3 Å². The number of nitro benzene ring substituents is 1. The normalized spacial score (nSPS) is 23.6. The molecule has 2 aliphatic rings. The summed E-state index contributed by atoms with van der Waals surface area (Å²) in [6, 6.07) is 4.60. The molecule has 1 aliphatic heterocycles. The number of alkyl halides is 1. The Labute approximate surface area is 128 Å². The fourth-order valence-corrected chi connectivity index (χ4v) is 3.29. The van der Waals surface area contributed by atoms with E-state index >= 15 is 0 Å². The molecule has 3 rings (SSSR count). The molecule has 0 N–H and O–H groups in total. The van der Waals surface area contributed by atoms with Gasteiger partial charge in [0, 0.05) is 30.5 Å². The molecule has 1 spiro atoms. The average Bonchev–Trinajstić information content (AvgIpc) is 2.46. The zero-order valence-electron chi connectivity index (χ0n) is 11.7. The van der Waals surface area contributed by atoms with Gasteiger partial charge in [0.05, 0.1) is 23.0 Å². The van der Waals surface area contributed by atoms with Crippen molar-refractivity contribution in [3.8, 4) is 5.75 Å². The molecule has 0 radical (unpaired) electrons. The van der Waals surface area contributed by atoms with Crippen LogP contribution in [0, 0.1) is 10.1 Å². The van der Waals surface area contributed by atoms with Gasteiger partial charge in [0.2, 0.25) is 0 Å². The number of benzene rings is 1. The van der Waals surface area contributed by atoms with Crippen LogP contribution in [0.5, 0.6) is 5.75 Å². The molecule has 1 saturated carbocycles.